The average molecular weight is 297 g/mol. The van der Waals surface area contributed by atoms with E-state index in [0.717, 1.165) is 38.4 Å². The number of nitrogens with two attached hydrogens (primary N) is 1. The number of hydrogen-bond donors (Lipinski definition) is 4. The molecule has 0 saturated heterocycles. The zero-order valence-corrected chi connectivity index (χ0v) is 13.3. The number of aliphatic imine (C=N–C) groups is 1. The third-order valence-corrected chi connectivity index (χ3v) is 3.64. The van der Waals surface area contributed by atoms with Crippen molar-refractivity contribution in [1.82, 2.24) is 16.0 Å². The normalized spacial score (nSPS) is 14.8. The van der Waals surface area contributed by atoms with E-state index in [1.807, 2.05) is 0 Å². The monoisotopic (exact) mass is 297 g/mol. The molecule has 0 unspecified atom stereocenters. The van der Waals surface area contributed by atoms with Crippen molar-refractivity contribution in [3.63, 3.8) is 0 Å². The van der Waals surface area contributed by atoms with Crippen molar-refractivity contribution in [2.24, 2.45) is 16.6 Å². The van der Waals surface area contributed by atoms with Gasteiger partial charge in [-0.2, -0.15) is 0 Å². The Bertz CT molecular complexity index is 315. The van der Waals surface area contributed by atoms with Crippen LogP contribution in [0.5, 0.6) is 0 Å². The number of hydrogen-bond acceptors (Lipinski definition) is 2. The van der Waals surface area contributed by atoms with Gasteiger partial charge in [-0.25, -0.2) is 4.79 Å². The molecule has 21 heavy (non-hydrogen) atoms. The summed E-state index contributed by atoms with van der Waals surface area (Å²) in [6.07, 6.45) is 9.66. The Morgan fingerprint density at radius 3 is 2.19 bits per heavy atom. The SMILES string of the molecule is CNC(=O)NCCCCCCCCNC(N)=NCC1CC1. The van der Waals surface area contributed by atoms with E-state index in [2.05, 4.69) is 20.9 Å². The summed E-state index contributed by atoms with van der Waals surface area (Å²) in [6, 6.07) is -0.0954. The second kappa shape index (κ2) is 11.2. The fraction of sp³-hybridized carbons (Fsp3) is 0.867. The third kappa shape index (κ3) is 10.9. The highest BCUT2D eigenvalue weighted by Crippen LogP contribution is 2.28. The number of nitrogens with one attached hydrogen (secondary N) is 3. The Morgan fingerprint density at radius 2 is 1.62 bits per heavy atom. The van der Waals surface area contributed by atoms with Gasteiger partial charge in [0.15, 0.2) is 5.96 Å². The van der Waals surface area contributed by atoms with Crippen LogP contribution in [0, 0.1) is 5.92 Å². The maximum Gasteiger partial charge on any atom is 0.314 e. The first-order chi connectivity index (χ1) is 10.2. The molecule has 2 amide bonds. The van der Waals surface area contributed by atoms with E-state index >= 15 is 0 Å². The fourth-order valence-electron chi connectivity index (χ4n) is 2.05. The van der Waals surface area contributed by atoms with E-state index < -0.39 is 0 Å². The average Bonchev–Trinajstić information content (AvgIpc) is 3.31. The number of amides is 2. The number of nitrogens with zero attached hydrogens (tertiary/aromatic N) is 1. The first-order valence-electron chi connectivity index (χ1n) is 8.21. The Kier molecular flexibility index (Phi) is 9.40. The Balaban J connectivity index is 1.77. The maximum atomic E-state index is 10.9. The van der Waals surface area contributed by atoms with Crippen LogP contribution >= 0.6 is 0 Å². The summed E-state index contributed by atoms with van der Waals surface area (Å²) in [4.78, 5) is 15.2. The van der Waals surface area contributed by atoms with Gasteiger partial charge in [-0.05, 0) is 31.6 Å². The van der Waals surface area contributed by atoms with Gasteiger partial charge in [0.05, 0.1) is 0 Å². The first kappa shape index (κ1) is 17.6. The minimum atomic E-state index is -0.0954. The van der Waals surface area contributed by atoms with Gasteiger partial charge in [-0.3, -0.25) is 4.99 Å². The summed E-state index contributed by atoms with van der Waals surface area (Å²) >= 11 is 0. The van der Waals surface area contributed by atoms with Crippen LogP contribution in [0.25, 0.3) is 0 Å². The molecule has 0 atom stereocenters. The standard InChI is InChI=1S/C15H31N5O/c1-17-15(21)19-11-7-5-3-2-4-6-10-18-14(16)20-12-13-8-9-13/h13H,2-12H2,1H3,(H3,16,18,20)(H2,17,19,21). The second-order valence-corrected chi connectivity index (χ2v) is 5.72. The Morgan fingerprint density at radius 1 is 1.05 bits per heavy atom. The maximum absolute atomic E-state index is 10.9. The van der Waals surface area contributed by atoms with Crippen molar-refractivity contribution >= 4 is 12.0 Å². The summed E-state index contributed by atoms with van der Waals surface area (Å²) < 4.78 is 0. The molecule has 1 fully saturated rings. The molecule has 1 rings (SSSR count). The molecule has 6 heteroatoms. The van der Waals surface area contributed by atoms with Gasteiger partial charge in [0.2, 0.25) is 0 Å². The summed E-state index contributed by atoms with van der Waals surface area (Å²) in [5.41, 5.74) is 5.78. The number of unbranched alkanes of at least 4 members (excludes halogenated alkanes) is 5. The predicted molar refractivity (Wildman–Crippen MR) is 87.4 cm³/mol. The highest BCUT2D eigenvalue weighted by molar-refractivity contribution is 5.77. The topological polar surface area (TPSA) is 91.5 Å². The molecule has 0 heterocycles. The van der Waals surface area contributed by atoms with Crippen molar-refractivity contribution in [1.29, 1.82) is 0 Å². The van der Waals surface area contributed by atoms with Crippen molar-refractivity contribution in [2.45, 2.75) is 51.4 Å². The van der Waals surface area contributed by atoms with E-state index in [1.54, 1.807) is 7.05 Å². The zero-order valence-electron chi connectivity index (χ0n) is 13.3. The number of urea groups is 1. The molecule has 1 saturated carbocycles. The lowest BCUT2D eigenvalue weighted by molar-refractivity contribution is 0.242. The Hall–Kier alpha value is -1.46. The molecule has 122 valence electrons. The van der Waals surface area contributed by atoms with Crippen molar-refractivity contribution in [2.75, 3.05) is 26.7 Å². The van der Waals surface area contributed by atoms with E-state index in [0.29, 0.717) is 5.96 Å². The van der Waals surface area contributed by atoms with Crippen LogP contribution in [-0.4, -0.2) is 38.7 Å². The van der Waals surface area contributed by atoms with E-state index in [-0.39, 0.29) is 6.03 Å². The van der Waals surface area contributed by atoms with Crippen LogP contribution in [0.3, 0.4) is 0 Å². The quantitative estimate of drug-likeness (QED) is 0.265. The van der Waals surface area contributed by atoms with Crippen LogP contribution in [0.2, 0.25) is 0 Å². The largest absolute Gasteiger partial charge is 0.370 e. The van der Waals surface area contributed by atoms with E-state index in [9.17, 15) is 4.79 Å². The smallest absolute Gasteiger partial charge is 0.314 e. The molecule has 0 radical (unpaired) electrons. The third-order valence-electron chi connectivity index (χ3n) is 3.64. The van der Waals surface area contributed by atoms with Gasteiger partial charge in [0.1, 0.15) is 0 Å². The lowest BCUT2D eigenvalue weighted by atomic mass is 10.1. The summed E-state index contributed by atoms with van der Waals surface area (Å²) in [7, 11) is 1.63. The number of carbonyl (C=O) groups excluding carboxylic acids is 1. The van der Waals surface area contributed by atoms with Gasteiger partial charge in [-0.1, -0.05) is 25.7 Å². The molecule has 6 nitrogen and oxygen atoms in total. The van der Waals surface area contributed by atoms with Crippen molar-refractivity contribution in [3.8, 4) is 0 Å². The molecule has 0 bridgehead atoms. The molecule has 0 aromatic heterocycles. The zero-order chi connectivity index (χ0) is 15.3. The number of guanidine groups is 1. The molecule has 1 aliphatic rings. The molecule has 1 aliphatic carbocycles. The molecule has 0 aliphatic heterocycles. The van der Waals surface area contributed by atoms with Crippen LogP contribution in [0.15, 0.2) is 4.99 Å². The van der Waals surface area contributed by atoms with E-state index in [1.165, 1.54) is 38.5 Å². The van der Waals surface area contributed by atoms with Gasteiger partial charge in [0.25, 0.3) is 0 Å². The molecule has 0 aromatic rings. The Labute approximate surface area is 128 Å². The van der Waals surface area contributed by atoms with Gasteiger partial charge < -0.3 is 21.7 Å². The molecular weight excluding hydrogens is 266 g/mol. The summed E-state index contributed by atoms with van der Waals surface area (Å²) in [6.45, 7) is 2.57. The van der Waals surface area contributed by atoms with Crippen molar-refractivity contribution < 1.29 is 4.79 Å². The van der Waals surface area contributed by atoms with Crippen LogP contribution < -0.4 is 21.7 Å². The van der Waals surface area contributed by atoms with Gasteiger partial charge in [-0.15, -0.1) is 0 Å². The number of carbonyl (C=O) groups is 1. The molecule has 5 N–H and O–H groups in total. The minimum Gasteiger partial charge on any atom is -0.370 e. The number of rotatable bonds is 11. The lowest BCUT2D eigenvalue weighted by Crippen LogP contribution is -2.33. The molecule has 0 aromatic carbocycles. The lowest BCUT2D eigenvalue weighted by Gasteiger charge is -2.06. The highest BCUT2D eigenvalue weighted by Gasteiger charge is 2.20. The van der Waals surface area contributed by atoms with Crippen LogP contribution in [0.4, 0.5) is 4.79 Å². The molecular formula is C15H31N5O. The predicted octanol–water partition coefficient (Wildman–Crippen LogP) is 1.57. The summed E-state index contributed by atoms with van der Waals surface area (Å²) in [5.74, 6) is 1.39. The fourth-order valence-corrected chi connectivity index (χ4v) is 2.05. The minimum absolute atomic E-state index is 0.0954. The van der Waals surface area contributed by atoms with Gasteiger partial charge >= 0.3 is 6.03 Å². The second-order valence-electron chi connectivity index (χ2n) is 5.72. The van der Waals surface area contributed by atoms with E-state index in [4.69, 9.17) is 5.73 Å². The van der Waals surface area contributed by atoms with Crippen LogP contribution in [-0.2, 0) is 0 Å². The van der Waals surface area contributed by atoms with Crippen LogP contribution in [0.1, 0.15) is 51.4 Å². The summed E-state index contributed by atoms with van der Waals surface area (Å²) in [5, 5.41) is 8.50. The first-order valence-corrected chi connectivity index (χ1v) is 8.21. The van der Waals surface area contributed by atoms with Gasteiger partial charge in [0, 0.05) is 26.7 Å². The van der Waals surface area contributed by atoms with Crippen molar-refractivity contribution in [3.05, 3.63) is 0 Å². The molecule has 0 spiro atoms. The highest BCUT2D eigenvalue weighted by atomic mass is 16.2.